The van der Waals surface area contributed by atoms with E-state index in [2.05, 4.69) is 13.8 Å². The van der Waals surface area contributed by atoms with Crippen molar-refractivity contribution in [3.05, 3.63) is 0 Å². The van der Waals surface area contributed by atoms with Crippen LogP contribution in [0.5, 0.6) is 0 Å². The lowest BCUT2D eigenvalue weighted by atomic mass is 10.0. The van der Waals surface area contributed by atoms with Crippen LogP contribution in [0.3, 0.4) is 0 Å². The zero-order valence-corrected chi connectivity index (χ0v) is 37.9. The molecule has 0 aliphatic heterocycles. The minimum atomic E-state index is -0.870. The average Bonchev–Trinajstić information content (AvgIpc) is 3.15. The van der Waals surface area contributed by atoms with Crippen molar-refractivity contribution >= 4 is 17.9 Å². The number of ether oxygens (including phenoxy) is 3. The number of carbonyl (C=O) groups is 3. The first-order valence-electron chi connectivity index (χ1n) is 24.1. The number of unbranched alkanes of at least 4 members (excludes halogenated alkanes) is 30. The SMILES string of the molecule is CCCCCCCCCCCCCCCCCCCCCCCCC(=O)OC(COCCC(C(=O)O)[N+](C)(C)C)COC(=O)CCCCCCCCCCCC. The minimum Gasteiger partial charge on any atom is -0.477 e. The first-order valence-corrected chi connectivity index (χ1v) is 24.1. The standard InChI is InChI=1S/C48H93NO7/c1-6-8-10-12-14-16-18-19-20-21-22-23-24-25-26-27-28-29-31-33-35-37-39-47(51)56-44(42-54-41-40-45(48(52)53)49(3,4)5)43-55-46(50)38-36-34-32-30-17-15-13-11-9-7-2/h44-45H,6-43H2,1-5H3/p+1. The van der Waals surface area contributed by atoms with Gasteiger partial charge in [0.15, 0.2) is 12.1 Å². The molecule has 0 aliphatic rings. The number of nitrogens with zero attached hydrogens (tertiary/aromatic N) is 1. The normalized spacial score (nSPS) is 12.8. The summed E-state index contributed by atoms with van der Waals surface area (Å²) >= 11 is 0. The molecule has 0 saturated carbocycles. The van der Waals surface area contributed by atoms with Gasteiger partial charge in [-0.3, -0.25) is 9.59 Å². The molecule has 0 aromatic heterocycles. The highest BCUT2D eigenvalue weighted by atomic mass is 16.6. The Morgan fingerprint density at radius 2 is 0.786 bits per heavy atom. The lowest BCUT2D eigenvalue weighted by Crippen LogP contribution is -2.50. The number of esters is 2. The van der Waals surface area contributed by atoms with Crippen molar-refractivity contribution in [3.63, 3.8) is 0 Å². The summed E-state index contributed by atoms with van der Waals surface area (Å²) in [5.74, 6) is -1.45. The Balaban J connectivity index is 4.14. The minimum absolute atomic E-state index is 0.0423. The van der Waals surface area contributed by atoms with Gasteiger partial charge in [0.2, 0.25) is 0 Å². The van der Waals surface area contributed by atoms with Crippen molar-refractivity contribution in [3.8, 4) is 0 Å². The lowest BCUT2D eigenvalue weighted by molar-refractivity contribution is -0.887. The van der Waals surface area contributed by atoms with Gasteiger partial charge in [0, 0.05) is 19.3 Å². The maximum atomic E-state index is 12.7. The molecular formula is C48H94NO7+. The molecule has 0 saturated heterocycles. The van der Waals surface area contributed by atoms with Gasteiger partial charge in [0.1, 0.15) is 6.61 Å². The van der Waals surface area contributed by atoms with E-state index in [1.807, 2.05) is 21.1 Å². The molecule has 2 atom stereocenters. The van der Waals surface area contributed by atoms with Crippen LogP contribution in [0.1, 0.15) is 239 Å². The molecule has 0 aromatic rings. The van der Waals surface area contributed by atoms with Gasteiger partial charge < -0.3 is 23.8 Å². The molecule has 0 fully saturated rings. The van der Waals surface area contributed by atoms with Crippen LogP contribution in [-0.2, 0) is 28.6 Å². The van der Waals surface area contributed by atoms with E-state index in [1.165, 1.54) is 167 Å². The largest absolute Gasteiger partial charge is 0.477 e. The van der Waals surface area contributed by atoms with Crippen LogP contribution < -0.4 is 0 Å². The van der Waals surface area contributed by atoms with Crippen LogP contribution in [0, 0.1) is 0 Å². The molecule has 56 heavy (non-hydrogen) atoms. The van der Waals surface area contributed by atoms with Gasteiger partial charge in [0.25, 0.3) is 0 Å². The molecule has 1 N–H and O–H groups in total. The molecule has 0 aromatic carbocycles. The van der Waals surface area contributed by atoms with Crippen molar-refractivity contribution in [2.45, 2.75) is 251 Å². The first kappa shape index (κ1) is 54.3. The van der Waals surface area contributed by atoms with Crippen molar-refractivity contribution in [2.75, 3.05) is 41.0 Å². The van der Waals surface area contributed by atoms with Crippen molar-refractivity contribution in [2.24, 2.45) is 0 Å². The zero-order valence-electron chi connectivity index (χ0n) is 37.9. The number of carboxylic acids is 1. The van der Waals surface area contributed by atoms with Gasteiger partial charge in [0.05, 0.1) is 34.4 Å². The van der Waals surface area contributed by atoms with Crippen LogP contribution >= 0.6 is 0 Å². The number of likely N-dealkylation sites (N-methyl/N-ethyl adjacent to an activating group) is 1. The number of carbonyl (C=O) groups excluding carboxylic acids is 2. The summed E-state index contributed by atoms with van der Waals surface area (Å²) in [5.41, 5.74) is 0. The van der Waals surface area contributed by atoms with Crippen LogP contribution in [0.2, 0.25) is 0 Å². The van der Waals surface area contributed by atoms with Crippen molar-refractivity contribution in [1.29, 1.82) is 0 Å². The third kappa shape index (κ3) is 37.9. The Morgan fingerprint density at radius 3 is 1.11 bits per heavy atom. The van der Waals surface area contributed by atoms with Gasteiger partial charge in [-0.1, -0.05) is 206 Å². The fraction of sp³-hybridized carbons (Fsp3) is 0.938. The molecule has 0 heterocycles. The quantitative estimate of drug-likeness (QED) is 0.0372. The lowest BCUT2D eigenvalue weighted by Gasteiger charge is -2.31. The summed E-state index contributed by atoms with van der Waals surface area (Å²) in [5, 5.41) is 9.62. The van der Waals surface area contributed by atoms with Crippen molar-refractivity contribution < 1.29 is 38.2 Å². The van der Waals surface area contributed by atoms with E-state index in [9.17, 15) is 19.5 Å². The van der Waals surface area contributed by atoms with E-state index >= 15 is 0 Å². The summed E-state index contributed by atoms with van der Waals surface area (Å²) in [6, 6.07) is -0.608. The highest BCUT2D eigenvalue weighted by Gasteiger charge is 2.31. The molecule has 332 valence electrons. The predicted molar refractivity (Wildman–Crippen MR) is 234 cm³/mol. The zero-order chi connectivity index (χ0) is 41.4. The van der Waals surface area contributed by atoms with Gasteiger partial charge in [-0.2, -0.15) is 0 Å². The molecule has 0 rings (SSSR count). The predicted octanol–water partition coefficient (Wildman–Crippen LogP) is 13.3. The van der Waals surface area contributed by atoms with Gasteiger partial charge >= 0.3 is 17.9 Å². The first-order chi connectivity index (χ1) is 27.1. The highest BCUT2D eigenvalue weighted by Crippen LogP contribution is 2.17. The van der Waals surface area contributed by atoms with Crippen LogP contribution in [0.25, 0.3) is 0 Å². The Labute approximate surface area is 346 Å². The van der Waals surface area contributed by atoms with E-state index in [0.717, 1.165) is 38.5 Å². The van der Waals surface area contributed by atoms with Crippen molar-refractivity contribution in [1.82, 2.24) is 0 Å². The van der Waals surface area contributed by atoms with E-state index in [-0.39, 0.29) is 36.2 Å². The number of hydrogen-bond acceptors (Lipinski definition) is 6. The average molecular weight is 797 g/mol. The molecule has 0 bridgehead atoms. The number of rotatable bonds is 44. The molecule has 0 amide bonds. The molecular weight excluding hydrogens is 703 g/mol. The van der Waals surface area contributed by atoms with Gasteiger partial charge in [-0.05, 0) is 12.8 Å². The fourth-order valence-electron chi connectivity index (χ4n) is 7.51. The smallest absolute Gasteiger partial charge is 0.362 e. The third-order valence-corrected chi connectivity index (χ3v) is 11.3. The summed E-state index contributed by atoms with van der Waals surface area (Å²) in [6.45, 7) is 4.77. The molecule has 8 heteroatoms. The maximum Gasteiger partial charge on any atom is 0.362 e. The summed E-state index contributed by atoms with van der Waals surface area (Å²) < 4.78 is 17.3. The van der Waals surface area contributed by atoms with Gasteiger partial charge in [-0.25, -0.2) is 4.79 Å². The molecule has 0 radical (unpaired) electrons. The van der Waals surface area contributed by atoms with E-state index in [0.29, 0.717) is 19.3 Å². The van der Waals surface area contributed by atoms with E-state index in [4.69, 9.17) is 14.2 Å². The second kappa shape index (κ2) is 40.1. The topological polar surface area (TPSA) is 99.1 Å². The fourth-order valence-corrected chi connectivity index (χ4v) is 7.51. The van der Waals surface area contributed by atoms with Crippen LogP contribution in [0.15, 0.2) is 0 Å². The maximum absolute atomic E-state index is 12.7. The summed E-state index contributed by atoms with van der Waals surface area (Å²) in [7, 11) is 5.54. The Kier molecular flexibility index (Phi) is 38.9. The Hall–Kier alpha value is -1.67. The molecule has 0 aliphatic carbocycles. The van der Waals surface area contributed by atoms with Crippen LogP contribution in [-0.4, -0.2) is 80.6 Å². The second-order valence-corrected chi connectivity index (χ2v) is 17.7. The number of hydrogen-bond donors (Lipinski definition) is 1. The van der Waals surface area contributed by atoms with E-state index in [1.54, 1.807) is 0 Å². The molecule has 2 unspecified atom stereocenters. The highest BCUT2D eigenvalue weighted by molar-refractivity contribution is 5.72. The Bertz CT molecular complexity index is 889. The third-order valence-electron chi connectivity index (χ3n) is 11.3. The number of carboxylic acid groups (broad SMARTS) is 1. The summed E-state index contributed by atoms with van der Waals surface area (Å²) in [4.78, 5) is 37.0. The van der Waals surface area contributed by atoms with E-state index < -0.39 is 18.1 Å². The molecule has 0 spiro atoms. The molecule has 8 nitrogen and oxygen atoms in total. The second-order valence-electron chi connectivity index (χ2n) is 17.7. The van der Waals surface area contributed by atoms with Crippen LogP contribution in [0.4, 0.5) is 0 Å². The monoisotopic (exact) mass is 797 g/mol. The Morgan fingerprint density at radius 1 is 0.464 bits per heavy atom. The van der Waals surface area contributed by atoms with Gasteiger partial charge in [-0.15, -0.1) is 0 Å². The summed E-state index contributed by atoms with van der Waals surface area (Å²) in [6.07, 6.45) is 41.5. The number of quaternary nitrogens is 1. The number of aliphatic carboxylic acids is 1.